The van der Waals surface area contributed by atoms with Gasteiger partial charge in [0.2, 0.25) is 0 Å². The SMILES string of the molecule is CCOC(=O)Cc1ccc2c(c1)sc1ncnc(Nc3ccc(OCc4cccc(F)c4)c(C)c3)c12. The summed E-state index contributed by atoms with van der Waals surface area (Å²) in [7, 11) is 0. The molecule has 1 N–H and O–H groups in total. The van der Waals surface area contributed by atoms with Gasteiger partial charge in [-0.3, -0.25) is 4.79 Å². The van der Waals surface area contributed by atoms with Crippen LogP contribution in [0.15, 0.2) is 67.0 Å². The predicted octanol–water partition coefficient (Wildman–Crippen LogP) is 6.72. The van der Waals surface area contributed by atoms with Crippen molar-refractivity contribution < 1.29 is 18.7 Å². The zero-order valence-corrected chi connectivity index (χ0v) is 20.7. The van der Waals surface area contributed by atoms with Gasteiger partial charge < -0.3 is 14.8 Å². The number of carbonyl (C=O) groups excluding carboxylic acids is 1. The molecule has 182 valence electrons. The Kier molecular flexibility index (Phi) is 6.77. The average Bonchev–Trinajstić information content (AvgIpc) is 3.22. The van der Waals surface area contributed by atoms with E-state index in [-0.39, 0.29) is 24.8 Å². The Morgan fingerprint density at radius 3 is 2.75 bits per heavy atom. The van der Waals surface area contributed by atoms with Gasteiger partial charge in [-0.2, -0.15) is 0 Å². The van der Waals surface area contributed by atoms with Crippen molar-refractivity contribution in [2.75, 3.05) is 11.9 Å². The number of fused-ring (bicyclic) bond motifs is 3. The number of halogens is 1. The highest BCUT2D eigenvalue weighted by Crippen LogP contribution is 2.37. The summed E-state index contributed by atoms with van der Waals surface area (Å²) in [6.45, 7) is 4.42. The molecule has 3 aromatic carbocycles. The maximum atomic E-state index is 13.4. The molecule has 0 bridgehead atoms. The van der Waals surface area contributed by atoms with E-state index in [1.54, 1.807) is 30.7 Å². The van der Waals surface area contributed by atoms with Crippen molar-refractivity contribution in [1.82, 2.24) is 9.97 Å². The van der Waals surface area contributed by atoms with Gasteiger partial charge in [0.05, 0.1) is 18.4 Å². The molecule has 5 rings (SSSR count). The van der Waals surface area contributed by atoms with Gasteiger partial charge in [-0.1, -0.05) is 24.3 Å². The monoisotopic (exact) mass is 501 g/mol. The Bertz CT molecular complexity index is 1570. The highest BCUT2D eigenvalue weighted by atomic mass is 32.1. The molecule has 0 fully saturated rings. The van der Waals surface area contributed by atoms with Crippen LogP contribution in [0.3, 0.4) is 0 Å². The summed E-state index contributed by atoms with van der Waals surface area (Å²) in [4.78, 5) is 21.7. The van der Waals surface area contributed by atoms with Crippen LogP contribution in [-0.4, -0.2) is 22.5 Å². The number of esters is 1. The first-order valence-electron chi connectivity index (χ1n) is 11.6. The van der Waals surface area contributed by atoms with E-state index in [9.17, 15) is 9.18 Å². The predicted molar refractivity (Wildman–Crippen MR) is 140 cm³/mol. The van der Waals surface area contributed by atoms with E-state index >= 15 is 0 Å². The third-order valence-electron chi connectivity index (χ3n) is 5.71. The maximum Gasteiger partial charge on any atom is 0.310 e. The summed E-state index contributed by atoms with van der Waals surface area (Å²) in [5, 5.41) is 5.37. The van der Waals surface area contributed by atoms with Crippen LogP contribution < -0.4 is 10.1 Å². The van der Waals surface area contributed by atoms with E-state index in [0.29, 0.717) is 12.4 Å². The summed E-state index contributed by atoms with van der Waals surface area (Å²) in [6, 6.07) is 18.2. The summed E-state index contributed by atoms with van der Waals surface area (Å²) < 4.78 is 25.4. The quantitative estimate of drug-likeness (QED) is 0.238. The van der Waals surface area contributed by atoms with E-state index in [1.165, 1.54) is 12.1 Å². The van der Waals surface area contributed by atoms with Gasteiger partial charge in [-0.25, -0.2) is 14.4 Å². The standard InChI is InChI=1S/C28H24FN3O3S/c1-3-34-25(33)14-18-7-9-22-24(13-18)36-28-26(22)27(30-16-31-28)32-21-8-10-23(17(2)11-21)35-15-19-5-4-6-20(29)12-19/h4-13,16H,3,14-15H2,1-2H3,(H,30,31,32). The van der Waals surface area contributed by atoms with Crippen molar-refractivity contribution in [1.29, 1.82) is 0 Å². The molecule has 0 aliphatic carbocycles. The Labute approximate surface area is 211 Å². The fourth-order valence-corrected chi connectivity index (χ4v) is 5.16. The number of nitrogens with one attached hydrogen (secondary N) is 1. The Hall–Kier alpha value is -4.04. The van der Waals surface area contributed by atoms with Crippen LogP contribution in [0.5, 0.6) is 5.75 Å². The second-order valence-corrected chi connectivity index (χ2v) is 9.37. The van der Waals surface area contributed by atoms with E-state index in [4.69, 9.17) is 9.47 Å². The zero-order chi connectivity index (χ0) is 25.1. The molecule has 0 amide bonds. The number of hydrogen-bond acceptors (Lipinski definition) is 7. The maximum absolute atomic E-state index is 13.4. The third kappa shape index (κ3) is 5.13. The van der Waals surface area contributed by atoms with Gasteiger partial charge in [0.25, 0.3) is 0 Å². The van der Waals surface area contributed by atoms with Crippen LogP contribution in [-0.2, 0) is 22.6 Å². The number of rotatable bonds is 8. The fraction of sp³-hybridized carbons (Fsp3) is 0.179. The molecule has 2 heterocycles. The van der Waals surface area contributed by atoms with E-state index in [0.717, 1.165) is 48.4 Å². The topological polar surface area (TPSA) is 73.3 Å². The lowest BCUT2D eigenvalue weighted by Gasteiger charge is -2.12. The van der Waals surface area contributed by atoms with Gasteiger partial charge in [0.15, 0.2) is 0 Å². The molecule has 8 heteroatoms. The van der Waals surface area contributed by atoms with Crippen molar-refractivity contribution >= 4 is 49.1 Å². The molecule has 0 aliphatic heterocycles. The lowest BCUT2D eigenvalue weighted by Crippen LogP contribution is -2.07. The minimum atomic E-state index is -0.278. The van der Waals surface area contributed by atoms with Crippen molar-refractivity contribution in [3.8, 4) is 5.75 Å². The van der Waals surface area contributed by atoms with Gasteiger partial charge in [0, 0.05) is 15.8 Å². The number of aryl methyl sites for hydroxylation is 1. The van der Waals surface area contributed by atoms with E-state index in [2.05, 4.69) is 15.3 Å². The van der Waals surface area contributed by atoms with E-state index in [1.807, 2.05) is 49.4 Å². The summed E-state index contributed by atoms with van der Waals surface area (Å²) in [5.41, 5.74) is 3.48. The Morgan fingerprint density at radius 2 is 1.94 bits per heavy atom. The number of benzene rings is 3. The van der Waals surface area contributed by atoms with Crippen molar-refractivity contribution in [2.45, 2.75) is 26.9 Å². The third-order valence-corrected chi connectivity index (χ3v) is 6.77. The van der Waals surface area contributed by atoms with Gasteiger partial charge in [-0.05, 0) is 66.9 Å². The molecule has 6 nitrogen and oxygen atoms in total. The molecule has 0 aliphatic rings. The van der Waals surface area contributed by atoms with Crippen LogP contribution in [0, 0.1) is 12.7 Å². The molecular formula is C28H24FN3O3S. The van der Waals surface area contributed by atoms with Crippen molar-refractivity contribution in [3.63, 3.8) is 0 Å². The number of ether oxygens (including phenoxy) is 2. The van der Waals surface area contributed by atoms with Crippen LogP contribution in [0.4, 0.5) is 15.9 Å². The van der Waals surface area contributed by atoms with Crippen LogP contribution in [0.2, 0.25) is 0 Å². The zero-order valence-electron chi connectivity index (χ0n) is 19.9. The van der Waals surface area contributed by atoms with Crippen LogP contribution in [0.1, 0.15) is 23.6 Å². The molecule has 0 spiro atoms. The summed E-state index contributed by atoms with van der Waals surface area (Å²) in [5.74, 6) is 0.920. The lowest BCUT2D eigenvalue weighted by molar-refractivity contribution is -0.142. The van der Waals surface area contributed by atoms with Gasteiger partial charge in [0.1, 0.15) is 35.1 Å². The second-order valence-electron chi connectivity index (χ2n) is 8.34. The number of anilines is 2. The fourth-order valence-electron chi connectivity index (χ4n) is 4.05. The Balaban J connectivity index is 1.37. The number of nitrogens with zero attached hydrogens (tertiary/aromatic N) is 2. The number of thiophene rings is 1. The van der Waals surface area contributed by atoms with Crippen molar-refractivity contribution in [2.24, 2.45) is 0 Å². The molecular weight excluding hydrogens is 477 g/mol. The number of carbonyl (C=O) groups is 1. The van der Waals surface area contributed by atoms with Crippen LogP contribution >= 0.6 is 11.3 Å². The minimum Gasteiger partial charge on any atom is -0.489 e. The largest absolute Gasteiger partial charge is 0.489 e. The van der Waals surface area contributed by atoms with Gasteiger partial charge >= 0.3 is 5.97 Å². The second kappa shape index (κ2) is 10.3. The highest BCUT2D eigenvalue weighted by molar-refractivity contribution is 7.25. The van der Waals surface area contributed by atoms with E-state index < -0.39 is 0 Å². The minimum absolute atomic E-state index is 0.237. The highest BCUT2D eigenvalue weighted by Gasteiger charge is 2.14. The number of hydrogen-bond donors (Lipinski definition) is 1. The molecule has 5 aromatic rings. The normalized spacial score (nSPS) is 11.1. The molecule has 0 unspecified atom stereocenters. The van der Waals surface area contributed by atoms with Gasteiger partial charge in [-0.15, -0.1) is 11.3 Å². The number of aromatic nitrogens is 2. The Morgan fingerprint density at radius 1 is 1.06 bits per heavy atom. The first kappa shape index (κ1) is 23.7. The first-order chi connectivity index (χ1) is 17.5. The molecule has 0 radical (unpaired) electrons. The molecule has 0 atom stereocenters. The smallest absolute Gasteiger partial charge is 0.310 e. The van der Waals surface area contributed by atoms with Crippen LogP contribution in [0.25, 0.3) is 20.3 Å². The summed E-state index contributed by atoms with van der Waals surface area (Å²) >= 11 is 1.56. The average molecular weight is 502 g/mol. The van der Waals surface area contributed by atoms with Crippen molar-refractivity contribution in [3.05, 3.63) is 89.5 Å². The molecule has 36 heavy (non-hydrogen) atoms. The lowest BCUT2D eigenvalue weighted by atomic mass is 10.1. The molecule has 2 aromatic heterocycles. The first-order valence-corrected chi connectivity index (χ1v) is 12.4. The molecule has 0 saturated carbocycles. The summed E-state index contributed by atoms with van der Waals surface area (Å²) in [6.07, 6.45) is 1.78. The molecule has 0 saturated heterocycles.